The lowest BCUT2D eigenvalue weighted by Crippen LogP contribution is -2.30. The van der Waals surface area contributed by atoms with E-state index in [2.05, 4.69) is 10.3 Å². The Hall–Kier alpha value is -3.94. The minimum absolute atomic E-state index is 0.0612. The first-order valence-corrected chi connectivity index (χ1v) is 10.8. The molecule has 3 amide bonds. The predicted molar refractivity (Wildman–Crippen MR) is 127 cm³/mol. The summed E-state index contributed by atoms with van der Waals surface area (Å²) < 4.78 is 1.83. The Morgan fingerprint density at radius 3 is 2.39 bits per heavy atom. The van der Waals surface area contributed by atoms with E-state index in [0.29, 0.717) is 42.9 Å². The van der Waals surface area contributed by atoms with E-state index in [1.54, 1.807) is 74.1 Å². The summed E-state index contributed by atoms with van der Waals surface area (Å²) in [7, 11) is 3.42. The Balaban J connectivity index is 1.62. The number of amides is 3. The Morgan fingerprint density at radius 1 is 1.00 bits per heavy atom. The molecular formula is C25H29N5O3. The van der Waals surface area contributed by atoms with Crippen LogP contribution < -0.4 is 5.32 Å². The lowest BCUT2D eigenvalue weighted by molar-refractivity contribution is -0.116. The van der Waals surface area contributed by atoms with Crippen LogP contribution in [-0.2, 0) is 17.9 Å². The zero-order valence-electron chi connectivity index (χ0n) is 19.2. The quantitative estimate of drug-likeness (QED) is 0.545. The topological polar surface area (TPSA) is 87.5 Å². The molecule has 33 heavy (non-hydrogen) atoms. The third kappa shape index (κ3) is 6.52. The molecule has 1 aromatic heterocycles. The maximum Gasteiger partial charge on any atom is 0.254 e. The molecule has 0 unspecified atom stereocenters. The van der Waals surface area contributed by atoms with Gasteiger partial charge >= 0.3 is 0 Å². The van der Waals surface area contributed by atoms with Gasteiger partial charge in [0.15, 0.2) is 0 Å². The number of nitrogens with one attached hydrogen (secondary N) is 1. The standard InChI is InChI=1S/C25H29N5O3/c1-4-30(17-19-8-10-20(11-9-19)24(32)28(2)3)25(33)21-6-5-7-22(16-21)27-23(31)12-14-29-15-13-26-18-29/h5-11,13,15-16,18H,4,12,14,17H2,1-3H3,(H,27,31). The highest BCUT2D eigenvalue weighted by Crippen LogP contribution is 2.16. The van der Waals surface area contributed by atoms with E-state index in [0.717, 1.165) is 5.56 Å². The molecule has 8 heteroatoms. The largest absolute Gasteiger partial charge is 0.345 e. The molecule has 0 fully saturated rings. The van der Waals surface area contributed by atoms with Crippen molar-refractivity contribution < 1.29 is 14.4 Å². The average Bonchev–Trinajstić information content (AvgIpc) is 3.34. The van der Waals surface area contributed by atoms with Crippen LogP contribution in [0.2, 0.25) is 0 Å². The third-order valence-electron chi connectivity index (χ3n) is 5.20. The number of carbonyl (C=O) groups excluding carboxylic acids is 3. The van der Waals surface area contributed by atoms with Crippen molar-refractivity contribution in [1.29, 1.82) is 0 Å². The van der Waals surface area contributed by atoms with E-state index in [1.165, 1.54) is 4.90 Å². The maximum atomic E-state index is 13.1. The summed E-state index contributed by atoms with van der Waals surface area (Å²) in [6, 6.07) is 14.2. The third-order valence-corrected chi connectivity index (χ3v) is 5.20. The molecule has 0 aliphatic heterocycles. The predicted octanol–water partition coefficient (Wildman–Crippen LogP) is 3.28. The minimum Gasteiger partial charge on any atom is -0.345 e. The summed E-state index contributed by atoms with van der Waals surface area (Å²) in [5.41, 5.74) is 2.63. The number of nitrogens with zero attached hydrogens (tertiary/aromatic N) is 4. The highest BCUT2D eigenvalue weighted by atomic mass is 16.2. The van der Waals surface area contributed by atoms with Crippen LogP contribution >= 0.6 is 0 Å². The van der Waals surface area contributed by atoms with E-state index >= 15 is 0 Å². The van der Waals surface area contributed by atoms with Crippen LogP contribution in [0.25, 0.3) is 0 Å². The monoisotopic (exact) mass is 447 g/mol. The first kappa shape index (κ1) is 23.7. The van der Waals surface area contributed by atoms with Gasteiger partial charge in [0.05, 0.1) is 6.33 Å². The number of carbonyl (C=O) groups is 3. The summed E-state index contributed by atoms with van der Waals surface area (Å²) in [5.74, 6) is -0.317. The first-order valence-electron chi connectivity index (χ1n) is 10.8. The van der Waals surface area contributed by atoms with Crippen LogP contribution in [0, 0.1) is 0 Å². The average molecular weight is 448 g/mol. The molecule has 0 bridgehead atoms. The maximum absolute atomic E-state index is 13.1. The number of rotatable bonds is 9. The van der Waals surface area contributed by atoms with Gasteiger partial charge in [-0.3, -0.25) is 14.4 Å². The van der Waals surface area contributed by atoms with Gasteiger partial charge in [0, 0.05) is 69.4 Å². The summed E-state index contributed by atoms with van der Waals surface area (Å²) in [4.78, 5) is 44.7. The molecule has 2 aromatic carbocycles. The summed E-state index contributed by atoms with van der Waals surface area (Å²) >= 11 is 0. The second-order valence-electron chi connectivity index (χ2n) is 7.90. The van der Waals surface area contributed by atoms with Crippen LogP contribution in [0.3, 0.4) is 0 Å². The number of hydrogen-bond donors (Lipinski definition) is 1. The highest BCUT2D eigenvalue weighted by molar-refractivity contribution is 5.97. The Morgan fingerprint density at radius 2 is 1.76 bits per heavy atom. The van der Waals surface area contributed by atoms with Gasteiger partial charge in [-0.25, -0.2) is 4.98 Å². The van der Waals surface area contributed by atoms with Crippen LogP contribution in [0.15, 0.2) is 67.3 Å². The highest BCUT2D eigenvalue weighted by Gasteiger charge is 2.16. The SMILES string of the molecule is CCN(Cc1ccc(C(=O)N(C)C)cc1)C(=O)c1cccc(NC(=O)CCn2ccnc2)c1. The van der Waals surface area contributed by atoms with E-state index in [1.807, 2.05) is 23.6 Å². The smallest absolute Gasteiger partial charge is 0.254 e. The molecular weight excluding hydrogens is 418 g/mol. The van der Waals surface area contributed by atoms with Crippen molar-refractivity contribution in [2.75, 3.05) is 26.0 Å². The van der Waals surface area contributed by atoms with Crippen LogP contribution in [0.5, 0.6) is 0 Å². The molecule has 1 N–H and O–H groups in total. The molecule has 0 saturated carbocycles. The molecule has 172 valence electrons. The Labute approximate surface area is 193 Å². The first-order chi connectivity index (χ1) is 15.9. The van der Waals surface area contributed by atoms with Gasteiger partial charge in [0.1, 0.15) is 0 Å². The minimum atomic E-state index is -0.131. The molecule has 3 aromatic rings. The van der Waals surface area contributed by atoms with Crippen molar-refractivity contribution >= 4 is 23.4 Å². The number of benzene rings is 2. The fourth-order valence-electron chi connectivity index (χ4n) is 3.34. The fourth-order valence-corrected chi connectivity index (χ4v) is 3.34. The van der Waals surface area contributed by atoms with Crippen molar-refractivity contribution in [1.82, 2.24) is 19.4 Å². The van der Waals surface area contributed by atoms with Gasteiger partial charge in [0.2, 0.25) is 5.91 Å². The second-order valence-corrected chi connectivity index (χ2v) is 7.90. The number of hydrogen-bond acceptors (Lipinski definition) is 4. The number of anilines is 1. The van der Waals surface area contributed by atoms with Crippen LogP contribution in [-0.4, -0.2) is 57.7 Å². The number of aromatic nitrogens is 2. The van der Waals surface area contributed by atoms with E-state index in [9.17, 15) is 14.4 Å². The van der Waals surface area contributed by atoms with E-state index in [-0.39, 0.29) is 17.7 Å². The van der Waals surface area contributed by atoms with Gasteiger partial charge in [0.25, 0.3) is 11.8 Å². The number of imidazole rings is 1. The van der Waals surface area contributed by atoms with E-state index in [4.69, 9.17) is 0 Å². The zero-order chi connectivity index (χ0) is 23.8. The lowest BCUT2D eigenvalue weighted by Gasteiger charge is -2.22. The molecule has 1 heterocycles. The lowest BCUT2D eigenvalue weighted by atomic mass is 10.1. The molecule has 0 radical (unpaired) electrons. The summed E-state index contributed by atoms with van der Waals surface area (Å²) in [6.45, 7) is 3.41. The van der Waals surface area contributed by atoms with Gasteiger partial charge < -0.3 is 19.7 Å². The van der Waals surface area contributed by atoms with Gasteiger partial charge in [-0.1, -0.05) is 18.2 Å². The van der Waals surface area contributed by atoms with Gasteiger partial charge in [-0.2, -0.15) is 0 Å². The van der Waals surface area contributed by atoms with Crippen LogP contribution in [0.1, 0.15) is 39.6 Å². The zero-order valence-corrected chi connectivity index (χ0v) is 19.2. The fraction of sp³-hybridized carbons (Fsp3) is 0.280. The van der Waals surface area contributed by atoms with Crippen LogP contribution in [0.4, 0.5) is 5.69 Å². The Kier molecular flexibility index (Phi) is 7.96. The second kappa shape index (κ2) is 11.1. The summed E-state index contributed by atoms with van der Waals surface area (Å²) in [5, 5.41) is 2.85. The van der Waals surface area contributed by atoms with Gasteiger partial charge in [-0.05, 0) is 42.8 Å². The molecule has 3 rings (SSSR count). The van der Waals surface area contributed by atoms with Crippen molar-refractivity contribution in [3.63, 3.8) is 0 Å². The summed E-state index contributed by atoms with van der Waals surface area (Å²) in [6.07, 6.45) is 5.45. The van der Waals surface area contributed by atoms with Crippen molar-refractivity contribution in [3.05, 3.63) is 83.9 Å². The van der Waals surface area contributed by atoms with Gasteiger partial charge in [-0.15, -0.1) is 0 Å². The normalized spacial score (nSPS) is 10.5. The van der Waals surface area contributed by atoms with E-state index < -0.39 is 0 Å². The Bertz CT molecular complexity index is 1090. The van der Waals surface area contributed by atoms with Crippen molar-refractivity contribution in [3.8, 4) is 0 Å². The van der Waals surface area contributed by atoms with Crippen molar-refractivity contribution in [2.24, 2.45) is 0 Å². The molecule has 0 aliphatic rings. The van der Waals surface area contributed by atoms with Crippen molar-refractivity contribution in [2.45, 2.75) is 26.4 Å². The molecule has 0 spiro atoms. The molecule has 0 atom stereocenters. The molecule has 0 aliphatic carbocycles. The molecule has 8 nitrogen and oxygen atoms in total. The molecule has 0 saturated heterocycles. The number of aryl methyl sites for hydroxylation is 1.